The number of likely N-dealkylation sites (tertiary alicyclic amines) is 1. The largest absolute Gasteiger partial charge is 0.487 e. The van der Waals surface area contributed by atoms with Crippen molar-refractivity contribution in [3.63, 3.8) is 0 Å². The molecule has 0 aromatic heterocycles. The van der Waals surface area contributed by atoms with Gasteiger partial charge in [-0.25, -0.2) is 4.39 Å². The Bertz CT molecular complexity index is 1110. The number of halogens is 1. The fourth-order valence-corrected chi connectivity index (χ4v) is 4.43. The summed E-state index contributed by atoms with van der Waals surface area (Å²) in [5.74, 6) is -1.30. The van der Waals surface area contributed by atoms with Crippen molar-refractivity contribution in [1.82, 2.24) is 4.90 Å². The van der Waals surface area contributed by atoms with Crippen LogP contribution in [0.5, 0.6) is 0 Å². The number of aliphatic hydroxyl groups is 1. The Labute approximate surface area is 171 Å². The minimum atomic E-state index is -0.943. The third-order valence-electron chi connectivity index (χ3n) is 5.79. The van der Waals surface area contributed by atoms with Crippen LogP contribution in [-0.2, 0) is 27.5 Å². The van der Waals surface area contributed by atoms with E-state index in [1.165, 1.54) is 18.2 Å². The number of amides is 1. The van der Waals surface area contributed by atoms with Gasteiger partial charge in [0.1, 0.15) is 24.2 Å². The molecule has 1 fully saturated rings. The molecule has 0 spiro atoms. The van der Waals surface area contributed by atoms with Gasteiger partial charge in [0.15, 0.2) is 0 Å². The van der Waals surface area contributed by atoms with Crippen LogP contribution in [0, 0.1) is 5.82 Å². The summed E-state index contributed by atoms with van der Waals surface area (Å²) < 4.78 is 19.6. The first-order valence-corrected chi connectivity index (χ1v) is 9.66. The Kier molecular flexibility index (Phi) is 4.34. The maximum atomic E-state index is 13.7. The van der Waals surface area contributed by atoms with Crippen molar-refractivity contribution in [2.24, 2.45) is 0 Å². The number of rotatable bonds is 3. The molecule has 3 aliphatic heterocycles. The molecule has 0 radical (unpaired) electrons. The highest BCUT2D eigenvalue weighted by molar-refractivity contribution is 6.36. The van der Waals surface area contributed by atoms with Gasteiger partial charge in [-0.2, -0.15) is 0 Å². The first-order chi connectivity index (χ1) is 14.4. The van der Waals surface area contributed by atoms with E-state index in [-0.39, 0.29) is 18.9 Å². The molecule has 30 heavy (non-hydrogen) atoms. The molecular weight excluding hydrogens is 391 g/mol. The van der Waals surface area contributed by atoms with Gasteiger partial charge in [-0.05, 0) is 23.8 Å². The molecule has 7 nitrogen and oxygen atoms in total. The zero-order chi connectivity index (χ0) is 21.0. The Hall–Kier alpha value is -3.23. The highest BCUT2D eigenvalue weighted by Gasteiger charge is 2.36. The van der Waals surface area contributed by atoms with Gasteiger partial charge >= 0.3 is 5.97 Å². The number of carbonyl (C=O) groups excluding carboxylic acids is 1. The van der Waals surface area contributed by atoms with Crippen LogP contribution in [0.2, 0.25) is 0 Å². The van der Waals surface area contributed by atoms with Crippen LogP contribution in [0.15, 0.2) is 36.4 Å². The van der Waals surface area contributed by atoms with Crippen molar-refractivity contribution >= 4 is 28.9 Å². The minimum absolute atomic E-state index is 0.213. The summed E-state index contributed by atoms with van der Waals surface area (Å²) in [5, 5.41) is 21.9. The van der Waals surface area contributed by atoms with Gasteiger partial charge in [0, 0.05) is 41.9 Å². The molecule has 0 aliphatic carbocycles. The van der Waals surface area contributed by atoms with Gasteiger partial charge in [-0.3, -0.25) is 14.5 Å². The summed E-state index contributed by atoms with van der Waals surface area (Å²) in [6.45, 7) is 0.967. The van der Waals surface area contributed by atoms with Gasteiger partial charge in [-0.1, -0.05) is 18.2 Å². The van der Waals surface area contributed by atoms with Crippen molar-refractivity contribution in [3.05, 3.63) is 64.5 Å². The summed E-state index contributed by atoms with van der Waals surface area (Å²) >= 11 is 0. The number of anilines is 1. The number of hydrogen-bond donors (Lipinski definition) is 3. The lowest BCUT2D eigenvalue weighted by molar-refractivity contribution is -0.142. The average molecular weight is 410 g/mol. The molecular formula is C22H19FN2O5. The van der Waals surface area contributed by atoms with Gasteiger partial charge in [0.25, 0.3) is 5.91 Å². The smallest absolute Gasteiger partial charge is 0.321 e. The zero-order valence-corrected chi connectivity index (χ0v) is 15.9. The third kappa shape index (κ3) is 3.05. The van der Waals surface area contributed by atoms with E-state index in [1.807, 2.05) is 18.2 Å². The Morgan fingerprint density at radius 3 is 2.87 bits per heavy atom. The molecule has 1 amide bonds. The number of carboxylic acids is 1. The molecule has 5 rings (SSSR count). The number of carboxylic acid groups (broad SMARTS) is 1. The highest BCUT2D eigenvalue weighted by Crippen LogP contribution is 2.42. The molecule has 2 aromatic rings. The second kappa shape index (κ2) is 6.93. The number of carbonyl (C=O) groups is 2. The number of fused-ring (bicyclic) bond motifs is 2. The lowest BCUT2D eigenvalue weighted by Crippen LogP contribution is -2.35. The maximum Gasteiger partial charge on any atom is 0.321 e. The van der Waals surface area contributed by atoms with Crippen LogP contribution < -0.4 is 5.32 Å². The Balaban J connectivity index is 1.47. The van der Waals surface area contributed by atoms with Gasteiger partial charge in [0.2, 0.25) is 0 Å². The quantitative estimate of drug-likeness (QED) is 0.671. The van der Waals surface area contributed by atoms with Crippen molar-refractivity contribution in [2.45, 2.75) is 31.7 Å². The standard InChI is InChI=1S/C22H19FN2O5/c23-13-2-4-17-16(6-13)19(21(27)24-17)20-15-3-1-11(5-12(15)10-30-20)8-25-9-14(26)7-18(25)22(28)29/h1-6,14,18,26H,7-10H2,(H,24,27)(H,28,29). The van der Waals surface area contributed by atoms with Crippen LogP contribution in [0.3, 0.4) is 0 Å². The van der Waals surface area contributed by atoms with Crippen LogP contribution >= 0.6 is 0 Å². The van der Waals surface area contributed by atoms with E-state index in [0.29, 0.717) is 35.7 Å². The highest BCUT2D eigenvalue weighted by atomic mass is 19.1. The summed E-state index contributed by atoms with van der Waals surface area (Å²) in [6, 6.07) is 9.04. The first-order valence-electron chi connectivity index (χ1n) is 9.66. The average Bonchev–Trinajstić information content (AvgIpc) is 3.36. The molecule has 0 saturated carbocycles. The predicted molar refractivity (Wildman–Crippen MR) is 106 cm³/mol. The summed E-state index contributed by atoms with van der Waals surface area (Å²) in [4.78, 5) is 25.7. The van der Waals surface area contributed by atoms with Crippen molar-refractivity contribution in [2.75, 3.05) is 11.9 Å². The molecule has 3 aliphatic rings. The molecule has 1 saturated heterocycles. The lowest BCUT2D eigenvalue weighted by Gasteiger charge is -2.21. The lowest BCUT2D eigenvalue weighted by atomic mass is 9.99. The van der Waals surface area contributed by atoms with Crippen LogP contribution in [-0.4, -0.2) is 45.7 Å². The van der Waals surface area contributed by atoms with E-state index in [4.69, 9.17) is 4.74 Å². The third-order valence-corrected chi connectivity index (χ3v) is 5.79. The van der Waals surface area contributed by atoms with Crippen molar-refractivity contribution < 1.29 is 28.9 Å². The molecule has 8 heteroatoms. The number of ether oxygens (including phenoxy) is 1. The van der Waals surface area contributed by atoms with Gasteiger partial charge in [-0.15, -0.1) is 0 Å². The van der Waals surface area contributed by atoms with E-state index in [2.05, 4.69) is 5.32 Å². The maximum absolute atomic E-state index is 13.7. The van der Waals surface area contributed by atoms with Crippen LogP contribution in [0.1, 0.15) is 28.7 Å². The molecule has 3 N–H and O–H groups in total. The van der Waals surface area contributed by atoms with E-state index in [9.17, 15) is 24.2 Å². The minimum Gasteiger partial charge on any atom is -0.487 e. The molecule has 154 valence electrons. The zero-order valence-electron chi connectivity index (χ0n) is 15.9. The van der Waals surface area contributed by atoms with E-state index < -0.39 is 23.9 Å². The fraction of sp³-hybridized carbons (Fsp3) is 0.273. The normalized spacial score (nSPS) is 25.1. The second-order valence-electron chi connectivity index (χ2n) is 7.80. The predicted octanol–water partition coefficient (Wildman–Crippen LogP) is 2.20. The van der Waals surface area contributed by atoms with E-state index in [1.54, 1.807) is 4.90 Å². The first kappa shape index (κ1) is 18.8. The van der Waals surface area contributed by atoms with Gasteiger partial charge < -0.3 is 20.3 Å². The molecule has 2 atom stereocenters. The van der Waals surface area contributed by atoms with Crippen LogP contribution in [0.25, 0.3) is 11.3 Å². The number of nitrogens with one attached hydrogen (secondary N) is 1. The van der Waals surface area contributed by atoms with Crippen molar-refractivity contribution in [1.29, 1.82) is 0 Å². The number of aliphatic hydroxyl groups excluding tert-OH is 1. The SMILES string of the molecule is O=C1Nc2ccc(F)cc2C1=C1OCc2cc(CN3CC(O)CC3C(=O)O)ccc21. The Morgan fingerprint density at radius 2 is 2.07 bits per heavy atom. The number of β-amino-alcohol motifs (C(OH)–C–C–N with tert-alkyl or cyclic N) is 1. The number of aliphatic carboxylic acids is 1. The second-order valence-corrected chi connectivity index (χ2v) is 7.80. The number of hydrogen-bond acceptors (Lipinski definition) is 5. The van der Waals surface area contributed by atoms with Crippen LogP contribution in [0.4, 0.5) is 10.1 Å². The molecule has 3 heterocycles. The van der Waals surface area contributed by atoms with Gasteiger partial charge in [0.05, 0.1) is 11.7 Å². The number of benzene rings is 2. The van der Waals surface area contributed by atoms with Crippen molar-refractivity contribution in [3.8, 4) is 0 Å². The summed E-state index contributed by atoms with van der Waals surface area (Å²) in [6.07, 6.45) is -0.438. The Morgan fingerprint density at radius 1 is 1.23 bits per heavy atom. The monoisotopic (exact) mass is 410 g/mol. The number of nitrogens with zero attached hydrogens (tertiary/aromatic N) is 1. The molecule has 2 unspecified atom stereocenters. The molecule has 2 aromatic carbocycles. The van der Waals surface area contributed by atoms with E-state index in [0.717, 1.165) is 16.7 Å². The molecule has 0 bridgehead atoms. The topological polar surface area (TPSA) is 99.1 Å². The summed E-state index contributed by atoms with van der Waals surface area (Å²) in [5.41, 5.74) is 3.86. The fourth-order valence-electron chi connectivity index (χ4n) is 4.43. The summed E-state index contributed by atoms with van der Waals surface area (Å²) in [7, 11) is 0. The van der Waals surface area contributed by atoms with E-state index >= 15 is 0 Å².